The Hall–Kier alpha value is -0.740. The first-order valence-electron chi connectivity index (χ1n) is 2.89. The molecule has 0 heterocycles. The van der Waals surface area contributed by atoms with Crippen molar-refractivity contribution in [1.29, 1.82) is 0 Å². The molecule has 0 aromatic heterocycles. The highest BCUT2D eigenvalue weighted by molar-refractivity contribution is 5.29. The second-order valence-electron chi connectivity index (χ2n) is 2.10. The maximum absolute atomic E-state index is 3.16. The average Bonchev–Trinajstić information content (AvgIpc) is 1.77. The van der Waals surface area contributed by atoms with Gasteiger partial charge in [0, 0.05) is 0 Å². The van der Waals surface area contributed by atoms with E-state index >= 15 is 0 Å². The lowest BCUT2D eigenvalue weighted by Crippen LogP contribution is -1.79. The Kier molecular flexibility index (Phi) is 1.36. The molecule has 0 nitrogen and oxygen atoms in total. The summed E-state index contributed by atoms with van der Waals surface area (Å²) in [6.45, 7) is 4.21. The smallest absolute Gasteiger partial charge is 0.00685 e. The number of hydrogen-bond acceptors (Lipinski definition) is 0. The van der Waals surface area contributed by atoms with Gasteiger partial charge >= 0.3 is 0 Å². The lowest BCUT2D eigenvalue weighted by Gasteiger charge is -1.99. The molecule has 0 saturated heterocycles. The molecule has 0 aromatic rings. The maximum atomic E-state index is 3.16. The molecule has 0 aromatic carbocycles. The van der Waals surface area contributed by atoms with Gasteiger partial charge in [-0.05, 0) is 37.5 Å². The van der Waals surface area contributed by atoms with Crippen LogP contribution in [-0.4, -0.2) is 0 Å². The van der Waals surface area contributed by atoms with Crippen molar-refractivity contribution < 1.29 is 0 Å². The molecule has 0 heteroatoms. The zero-order valence-corrected chi connectivity index (χ0v) is 5.36. The van der Waals surface area contributed by atoms with Crippen molar-refractivity contribution in [2.45, 2.75) is 20.3 Å². The summed E-state index contributed by atoms with van der Waals surface area (Å²) in [5.74, 6) is 0. The second kappa shape index (κ2) is 2.02. The number of hydrogen-bond donors (Lipinski definition) is 0. The van der Waals surface area contributed by atoms with Crippen LogP contribution >= 0.6 is 0 Å². The molecule has 0 radical (unpaired) electrons. The molecule has 1 aliphatic carbocycles. The van der Waals surface area contributed by atoms with E-state index in [2.05, 4.69) is 31.7 Å². The van der Waals surface area contributed by atoms with E-state index in [0.717, 1.165) is 6.42 Å². The predicted octanol–water partition coefficient (Wildman–Crippen LogP) is 2.44. The van der Waals surface area contributed by atoms with Crippen LogP contribution in [0.4, 0.5) is 0 Å². The molecule has 0 spiro atoms. The summed E-state index contributed by atoms with van der Waals surface area (Å²) in [6, 6.07) is 0. The van der Waals surface area contributed by atoms with Crippen molar-refractivity contribution in [1.82, 2.24) is 0 Å². The van der Waals surface area contributed by atoms with Crippen molar-refractivity contribution in [3.63, 3.8) is 0 Å². The molecule has 0 bridgehead atoms. The zero-order valence-electron chi connectivity index (χ0n) is 5.36. The van der Waals surface area contributed by atoms with Crippen LogP contribution < -0.4 is 0 Å². The van der Waals surface area contributed by atoms with E-state index in [1.54, 1.807) is 0 Å². The Morgan fingerprint density at radius 3 is 2.62 bits per heavy atom. The van der Waals surface area contributed by atoms with Gasteiger partial charge in [-0.25, -0.2) is 0 Å². The highest BCUT2D eigenvalue weighted by Gasteiger charge is 1.91. The van der Waals surface area contributed by atoms with Gasteiger partial charge < -0.3 is 0 Å². The van der Waals surface area contributed by atoms with Crippen molar-refractivity contribution in [3.8, 4) is 0 Å². The highest BCUT2D eigenvalue weighted by Crippen LogP contribution is 2.10. The van der Waals surface area contributed by atoms with Gasteiger partial charge in [-0.2, -0.15) is 0 Å². The minimum atomic E-state index is 1.06. The normalized spacial score (nSPS) is 17.8. The molecule has 0 N–H and O–H groups in total. The van der Waals surface area contributed by atoms with E-state index in [1.165, 1.54) is 11.1 Å². The molecule has 0 amide bonds. The average molecular weight is 106 g/mol. The fourth-order valence-corrected chi connectivity index (χ4v) is 0.715. The van der Waals surface area contributed by atoms with E-state index in [9.17, 15) is 0 Å². The summed E-state index contributed by atoms with van der Waals surface area (Å²) >= 11 is 0. The third-order valence-corrected chi connectivity index (χ3v) is 1.45. The Morgan fingerprint density at radius 2 is 2.25 bits per heavy atom. The van der Waals surface area contributed by atoms with Gasteiger partial charge in [-0.1, -0.05) is 6.08 Å². The fourth-order valence-electron chi connectivity index (χ4n) is 0.715. The van der Waals surface area contributed by atoms with E-state index in [0.29, 0.717) is 0 Å². The van der Waals surface area contributed by atoms with Gasteiger partial charge in [0.15, 0.2) is 0 Å². The lowest BCUT2D eigenvalue weighted by atomic mass is 10.1. The topological polar surface area (TPSA) is 0 Å². The molecule has 0 aliphatic heterocycles. The van der Waals surface area contributed by atoms with E-state index in [4.69, 9.17) is 0 Å². The monoisotopic (exact) mass is 106 g/mol. The first kappa shape index (κ1) is 5.40. The van der Waals surface area contributed by atoms with E-state index in [1.807, 2.05) is 0 Å². The van der Waals surface area contributed by atoms with Crippen LogP contribution in [0.5, 0.6) is 0 Å². The quantitative estimate of drug-likeness (QED) is 0.416. The number of allylic oxidation sites excluding steroid dienone is 3. The van der Waals surface area contributed by atoms with Gasteiger partial charge in [0.1, 0.15) is 0 Å². The molecule has 1 aliphatic rings. The summed E-state index contributed by atoms with van der Waals surface area (Å²) in [4.78, 5) is 0. The van der Waals surface area contributed by atoms with Crippen molar-refractivity contribution >= 4 is 0 Å². The number of rotatable bonds is 0. The Balaban J connectivity index is 2.97. The summed E-state index contributed by atoms with van der Waals surface area (Å²) in [7, 11) is 0. The van der Waals surface area contributed by atoms with Crippen molar-refractivity contribution in [3.05, 3.63) is 29.0 Å². The molecule has 0 saturated carbocycles. The Morgan fingerprint density at radius 1 is 1.50 bits per heavy atom. The van der Waals surface area contributed by atoms with Crippen LogP contribution in [0.3, 0.4) is 0 Å². The standard InChI is InChI=1S/C8H10/c1-7-5-3-4-6-8(7)2/h3,6H,4H2,1-2H3. The third-order valence-electron chi connectivity index (χ3n) is 1.45. The minimum Gasteiger partial charge on any atom is -0.121 e. The lowest BCUT2D eigenvalue weighted by molar-refractivity contribution is 1.24. The van der Waals surface area contributed by atoms with Gasteiger partial charge in [0.05, 0.1) is 0 Å². The fraction of sp³-hybridized carbons (Fsp3) is 0.375. The summed E-state index contributed by atoms with van der Waals surface area (Å²) < 4.78 is 0. The van der Waals surface area contributed by atoms with E-state index in [-0.39, 0.29) is 0 Å². The first-order chi connectivity index (χ1) is 3.80. The summed E-state index contributed by atoms with van der Waals surface area (Å²) in [5.41, 5.74) is 5.80. The van der Waals surface area contributed by atoms with Crippen LogP contribution in [0.2, 0.25) is 0 Å². The molecule has 1 rings (SSSR count). The highest BCUT2D eigenvalue weighted by atomic mass is 14.0. The van der Waals surface area contributed by atoms with Crippen LogP contribution in [-0.2, 0) is 0 Å². The zero-order chi connectivity index (χ0) is 5.98. The Labute approximate surface area is 50.2 Å². The largest absolute Gasteiger partial charge is 0.121 e. The van der Waals surface area contributed by atoms with Crippen LogP contribution in [0.25, 0.3) is 0 Å². The molecule has 8 heavy (non-hydrogen) atoms. The molecular weight excluding hydrogens is 96.1 g/mol. The van der Waals surface area contributed by atoms with Crippen LogP contribution in [0, 0.1) is 0 Å². The van der Waals surface area contributed by atoms with E-state index < -0.39 is 0 Å². The minimum absolute atomic E-state index is 1.06. The van der Waals surface area contributed by atoms with Crippen LogP contribution in [0.1, 0.15) is 20.3 Å². The second-order valence-corrected chi connectivity index (χ2v) is 2.10. The third kappa shape index (κ3) is 0.907. The van der Waals surface area contributed by atoms with Gasteiger partial charge in [-0.3, -0.25) is 0 Å². The first-order valence-corrected chi connectivity index (χ1v) is 2.89. The van der Waals surface area contributed by atoms with Crippen molar-refractivity contribution in [2.24, 2.45) is 0 Å². The molecule has 0 unspecified atom stereocenters. The Bertz CT molecular complexity index is 176. The molecule has 0 atom stereocenters. The van der Waals surface area contributed by atoms with Crippen LogP contribution in [0.15, 0.2) is 29.0 Å². The van der Waals surface area contributed by atoms with Gasteiger partial charge in [-0.15, -0.1) is 5.73 Å². The summed E-state index contributed by atoms with van der Waals surface area (Å²) in [5, 5.41) is 0. The molecule has 42 valence electrons. The molecular formula is C8H10. The molecule has 0 fully saturated rings. The maximum Gasteiger partial charge on any atom is -0.00685 e. The van der Waals surface area contributed by atoms with Gasteiger partial charge in [0.25, 0.3) is 0 Å². The van der Waals surface area contributed by atoms with Gasteiger partial charge in [0.2, 0.25) is 0 Å². The summed E-state index contributed by atoms with van der Waals surface area (Å²) in [6.07, 6.45) is 5.33. The SMILES string of the molecule is CC1=C=CCC=C1C. The van der Waals surface area contributed by atoms with Crippen molar-refractivity contribution in [2.75, 3.05) is 0 Å². The predicted molar refractivity (Wildman–Crippen MR) is 35.6 cm³/mol.